The number of H-pyrrole nitrogens is 1. The van der Waals surface area contributed by atoms with E-state index in [-0.39, 0.29) is 11.7 Å². The topological polar surface area (TPSA) is 71.2 Å². The fraction of sp³-hybridized carbons (Fsp3) is 0.368. The summed E-state index contributed by atoms with van der Waals surface area (Å²) in [5.41, 5.74) is -0.861. The summed E-state index contributed by atoms with van der Waals surface area (Å²) in [6.45, 7) is 3.87. The van der Waals surface area contributed by atoms with Crippen molar-refractivity contribution < 1.29 is 22.7 Å². The molecule has 0 bridgehead atoms. The Balaban J connectivity index is 1.88. The molecule has 1 amide bonds. The van der Waals surface area contributed by atoms with Crippen molar-refractivity contribution in [1.82, 2.24) is 10.3 Å². The maximum absolute atomic E-state index is 12.7. The highest BCUT2D eigenvalue weighted by atomic mass is 19.4. The summed E-state index contributed by atoms with van der Waals surface area (Å²) >= 11 is 0. The van der Waals surface area contributed by atoms with Crippen LogP contribution in [0.25, 0.3) is 0 Å². The molecular formula is C19H19F3N2O3. The minimum atomic E-state index is -4.68. The predicted octanol–water partition coefficient (Wildman–Crippen LogP) is 3.73. The Morgan fingerprint density at radius 2 is 2.04 bits per heavy atom. The van der Waals surface area contributed by atoms with Crippen LogP contribution < -0.4 is 15.6 Å². The zero-order chi connectivity index (χ0) is 19.8. The number of ether oxygens (including phenoxy) is 1. The van der Waals surface area contributed by atoms with Gasteiger partial charge in [-0.2, -0.15) is 13.2 Å². The van der Waals surface area contributed by atoms with Crippen LogP contribution in [-0.2, 0) is 6.18 Å². The van der Waals surface area contributed by atoms with Crippen LogP contribution in [0.2, 0.25) is 0 Å². The SMILES string of the molecule is CC[C@H]1C[C@@H](NC(=O)c2ccc(C(F)(F)F)[nH]c2=O)c2cc(C)ccc2O1. The zero-order valence-electron chi connectivity index (χ0n) is 14.8. The molecule has 0 saturated carbocycles. The van der Waals surface area contributed by atoms with Crippen LogP contribution in [0.4, 0.5) is 13.2 Å². The number of carbonyl (C=O) groups excluding carboxylic acids is 1. The molecule has 144 valence electrons. The molecule has 1 aromatic heterocycles. The fourth-order valence-electron chi connectivity index (χ4n) is 3.11. The molecule has 5 nitrogen and oxygen atoms in total. The minimum absolute atomic E-state index is 0.101. The molecule has 0 unspecified atom stereocenters. The Kier molecular flexibility index (Phi) is 4.99. The van der Waals surface area contributed by atoms with E-state index in [0.29, 0.717) is 18.2 Å². The van der Waals surface area contributed by atoms with Crippen LogP contribution in [0.5, 0.6) is 5.75 Å². The van der Waals surface area contributed by atoms with Gasteiger partial charge < -0.3 is 15.0 Å². The van der Waals surface area contributed by atoms with Crippen LogP contribution >= 0.6 is 0 Å². The van der Waals surface area contributed by atoms with Crippen molar-refractivity contribution in [2.75, 3.05) is 0 Å². The van der Waals surface area contributed by atoms with Crippen molar-refractivity contribution in [2.45, 2.75) is 45.0 Å². The van der Waals surface area contributed by atoms with E-state index in [1.165, 1.54) is 0 Å². The standard InChI is InChI=1S/C19H19F3N2O3/c1-3-11-9-14(13-8-10(2)4-6-15(13)27-11)23-17(25)12-5-7-16(19(20,21)22)24-18(12)26/h4-8,11,14H,3,9H2,1-2H3,(H,23,25)(H,24,26)/t11-,14+/m0/s1. The lowest BCUT2D eigenvalue weighted by Gasteiger charge is -2.32. The number of nitrogens with one attached hydrogen (secondary N) is 2. The summed E-state index contributed by atoms with van der Waals surface area (Å²) in [5.74, 6) is -0.0653. The number of aromatic nitrogens is 1. The lowest BCUT2D eigenvalue weighted by molar-refractivity contribution is -0.141. The molecule has 0 saturated heterocycles. The van der Waals surface area contributed by atoms with Gasteiger partial charge in [-0.25, -0.2) is 0 Å². The number of aryl methyl sites for hydroxylation is 1. The number of carbonyl (C=O) groups is 1. The predicted molar refractivity (Wildman–Crippen MR) is 92.8 cm³/mol. The van der Waals surface area contributed by atoms with Crippen LogP contribution in [0.3, 0.4) is 0 Å². The van der Waals surface area contributed by atoms with E-state index in [0.717, 1.165) is 23.6 Å². The van der Waals surface area contributed by atoms with Gasteiger partial charge in [0.05, 0.1) is 6.04 Å². The maximum Gasteiger partial charge on any atom is 0.431 e. The Morgan fingerprint density at radius 3 is 2.67 bits per heavy atom. The van der Waals surface area contributed by atoms with Gasteiger partial charge in [-0.1, -0.05) is 24.6 Å². The van der Waals surface area contributed by atoms with E-state index in [4.69, 9.17) is 4.74 Å². The van der Waals surface area contributed by atoms with Crippen molar-refractivity contribution in [3.63, 3.8) is 0 Å². The van der Waals surface area contributed by atoms with E-state index < -0.39 is 29.4 Å². The van der Waals surface area contributed by atoms with E-state index in [1.54, 1.807) is 4.98 Å². The Hall–Kier alpha value is -2.77. The molecule has 2 atom stereocenters. The molecule has 0 radical (unpaired) electrons. The average Bonchev–Trinajstić information content (AvgIpc) is 2.60. The largest absolute Gasteiger partial charge is 0.490 e. The molecule has 2 aromatic rings. The number of rotatable bonds is 3. The third-order valence-corrected chi connectivity index (χ3v) is 4.55. The van der Waals surface area contributed by atoms with Crippen molar-refractivity contribution >= 4 is 5.91 Å². The first-order chi connectivity index (χ1) is 12.7. The van der Waals surface area contributed by atoms with Crippen LogP contribution in [0.1, 0.15) is 53.0 Å². The minimum Gasteiger partial charge on any atom is -0.490 e. The van der Waals surface area contributed by atoms with Crippen molar-refractivity contribution in [2.24, 2.45) is 0 Å². The highest BCUT2D eigenvalue weighted by Crippen LogP contribution is 2.36. The van der Waals surface area contributed by atoms with Gasteiger partial charge >= 0.3 is 6.18 Å². The quantitative estimate of drug-likeness (QED) is 0.852. The van der Waals surface area contributed by atoms with Gasteiger partial charge in [-0.15, -0.1) is 0 Å². The molecule has 1 aromatic carbocycles. The average molecular weight is 380 g/mol. The van der Waals surface area contributed by atoms with Gasteiger partial charge in [0.2, 0.25) is 0 Å². The molecule has 3 rings (SSSR count). The number of halogens is 3. The molecule has 0 fully saturated rings. The van der Waals surface area contributed by atoms with E-state index in [9.17, 15) is 22.8 Å². The Labute approximate surface area is 153 Å². The van der Waals surface area contributed by atoms with Gasteiger partial charge in [0.25, 0.3) is 11.5 Å². The van der Waals surface area contributed by atoms with Gasteiger partial charge in [0.15, 0.2) is 0 Å². The number of benzene rings is 1. The van der Waals surface area contributed by atoms with Crippen LogP contribution in [0.15, 0.2) is 35.1 Å². The van der Waals surface area contributed by atoms with Gasteiger partial charge in [-0.05, 0) is 31.5 Å². The van der Waals surface area contributed by atoms with E-state index >= 15 is 0 Å². The summed E-state index contributed by atoms with van der Waals surface area (Å²) in [7, 11) is 0. The first kappa shape index (κ1) is 19.0. The first-order valence-electron chi connectivity index (χ1n) is 8.57. The Morgan fingerprint density at radius 1 is 1.30 bits per heavy atom. The maximum atomic E-state index is 12.7. The number of hydrogen-bond acceptors (Lipinski definition) is 3. The van der Waals surface area contributed by atoms with Crippen LogP contribution in [-0.4, -0.2) is 17.0 Å². The second kappa shape index (κ2) is 7.09. The summed E-state index contributed by atoms with van der Waals surface area (Å²) in [6.07, 6.45) is -3.53. The lowest BCUT2D eigenvalue weighted by Crippen LogP contribution is -2.38. The van der Waals surface area contributed by atoms with Gasteiger partial charge in [-0.3, -0.25) is 9.59 Å². The summed E-state index contributed by atoms with van der Waals surface area (Å²) in [5, 5.41) is 2.76. The second-order valence-corrected chi connectivity index (χ2v) is 6.56. The number of aromatic amines is 1. The normalized spacial score (nSPS) is 19.1. The molecule has 0 spiro atoms. The molecule has 27 heavy (non-hydrogen) atoms. The smallest absolute Gasteiger partial charge is 0.431 e. The van der Waals surface area contributed by atoms with Gasteiger partial charge in [0, 0.05) is 12.0 Å². The summed E-state index contributed by atoms with van der Waals surface area (Å²) in [4.78, 5) is 26.2. The number of alkyl halides is 3. The number of hydrogen-bond donors (Lipinski definition) is 2. The molecule has 8 heteroatoms. The fourth-order valence-corrected chi connectivity index (χ4v) is 3.11. The first-order valence-corrected chi connectivity index (χ1v) is 8.57. The zero-order valence-corrected chi connectivity index (χ0v) is 14.8. The van der Waals surface area contributed by atoms with Crippen LogP contribution in [0, 0.1) is 6.92 Å². The summed E-state index contributed by atoms with van der Waals surface area (Å²) < 4.78 is 43.9. The third kappa shape index (κ3) is 3.99. The second-order valence-electron chi connectivity index (χ2n) is 6.56. The van der Waals surface area contributed by atoms with Crippen molar-refractivity contribution in [3.05, 3.63) is 63.1 Å². The van der Waals surface area contributed by atoms with E-state index in [2.05, 4.69) is 5.32 Å². The lowest BCUT2D eigenvalue weighted by atomic mass is 9.94. The number of fused-ring (bicyclic) bond motifs is 1. The molecule has 1 aliphatic heterocycles. The van der Waals surface area contributed by atoms with Gasteiger partial charge in [0.1, 0.15) is 23.1 Å². The number of pyridine rings is 1. The monoisotopic (exact) mass is 380 g/mol. The molecule has 0 aliphatic carbocycles. The summed E-state index contributed by atoms with van der Waals surface area (Å²) in [6, 6.07) is 6.81. The third-order valence-electron chi connectivity index (χ3n) is 4.55. The molecule has 2 N–H and O–H groups in total. The van der Waals surface area contributed by atoms with Crippen molar-refractivity contribution in [3.8, 4) is 5.75 Å². The molecular weight excluding hydrogens is 361 g/mol. The highest BCUT2D eigenvalue weighted by Gasteiger charge is 2.33. The molecule has 2 heterocycles. The van der Waals surface area contributed by atoms with Crippen molar-refractivity contribution in [1.29, 1.82) is 0 Å². The number of amides is 1. The Bertz CT molecular complexity index is 921. The van der Waals surface area contributed by atoms with E-state index in [1.807, 2.05) is 32.0 Å². The molecule has 1 aliphatic rings. The highest BCUT2D eigenvalue weighted by molar-refractivity contribution is 5.94.